The SMILES string of the molecule is CCCCOc1ccc2c(c1)C=CCC2=C=O. The minimum absolute atomic E-state index is 0.673. The maximum atomic E-state index is 10.8. The van der Waals surface area contributed by atoms with Crippen molar-refractivity contribution in [3.63, 3.8) is 0 Å². The third kappa shape index (κ3) is 2.66. The van der Waals surface area contributed by atoms with E-state index in [1.54, 1.807) is 0 Å². The Balaban J connectivity index is 2.20. The van der Waals surface area contributed by atoms with Gasteiger partial charge in [0.15, 0.2) is 0 Å². The van der Waals surface area contributed by atoms with Crippen LogP contribution in [0.15, 0.2) is 24.3 Å². The lowest BCUT2D eigenvalue weighted by atomic mass is 9.93. The molecule has 0 radical (unpaired) electrons. The van der Waals surface area contributed by atoms with Crippen molar-refractivity contribution in [2.24, 2.45) is 0 Å². The van der Waals surface area contributed by atoms with Crippen molar-refractivity contribution in [1.29, 1.82) is 0 Å². The van der Waals surface area contributed by atoms with Gasteiger partial charge in [-0.25, -0.2) is 4.79 Å². The van der Waals surface area contributed by atoms with Gasteiger partial charge in [0, 0.05) is 12.0 Å². The van der Waals surface area contributed by atoms with Crippen molar-refractivity contribution in [3.05, 3.63) is 35.4 Å². The Morgan fingerprint density at radius 1 is 1.41 bits per heavy atom. The summed E-state index contributed by atoms with van der Waals surface area (Å²) in [6.07, 6.45) is 6.88. The predicted molar refractivity (Wildman–Crippen MR) is 69.6 cm³/mol. The van der Waals surface area contributed by atoms with E-state index in [1.807, 2.05) is 36.3 Å². The molecule has 2 heteroatoms. The Morgan fingerprint density at radius 3 is 3.06 bits per heavy atom. The average Bonchev–Trinajstić information content (AvgIpc) is 2.38. The fourth-order valence-corrected chi connectivity index (χ4v) is 1.89. The van der Waals surface area contributed by atoms with Crippen molar-refractivity contribution in [2.75, 3.05) is 6.61 Å². The molecule has 0 aliphatic heterocycles. The molecule has 17 heavy (non-hydrogen) atoms. The molecule has 1 aromatic rings. The van der Waals surface area contributed by atoms with Crippen LogP contribution in [0.3, 0.4) is 0 Å². The van der Waals surface area contributed by atoms with Gasteiger partial charge in [-0.15, -0.1) is 0 Å². The van der Waals surface area contributed by atoms with Crippen LogP contribution in [0.5, 0.6) is 5.75 Å². The summed E-state index contributed by atoms with van der Waals surface area (Å²) in [5.41, 5.74) is 2.75. The van der Waals surface area contributed by atoms with Crippen LogP contribution >= 0.6 is 0 Å². The molecule has 88 valence electrons. The van der Waals surface area contributed by atoms with Crippen molar-refractivity contribution in [2.45, 2.75) is 26.2 Å². The maximum Gasteiger partial charge on any atom is 0.128 e. The zero-order valence-corrected chi connectivity index (χ0v) is 10.0. The molecular formula is C15H16O2. The summed E-state index contributed by atoms with van der Waals surface area (Å²) >= 11 is 0. The van der Waals surface area contributed by atoms with E-state index in [4.69, 9.17) is 4.74 Å². The summed E-state index contributed by atoms with van der Waals surface area (Å²) in [5, 5.41) is 0. The standard InChI is InChI=1S/C15H16O2/c1-2-3-9-17-14-7-8-15-12(10-14)5-4-6-13(15)11-16/h4-5,7-8,10H,2-3,6,9H2,1H3. The molecule has 1 aromatic carbocycles. The predicted octanol–water partition coefficient (Wildman–Crippen LogP) is 3.50. The lowest BCUT2D eigenvalue weighted by Gasteiger charge is -2.13. The van der Waals surface area contributed by atoms with Crippen LogP contribution in [-0.2, 0) is 4.79 Å². The molecule has 0 fully saturated rings. The molecule has 0 heterocycles. The normalized spacial score (nSPS) is 13.1. The van der Waals surface area contributed by atoms with Gasteiger partial charge in [-0.3, -0.25) is 0 Å². The number of ether oxygens (including phenoxy) is 1. The quantitative estimate of drug-likeness (QED) is 0.582. The summed E-state index contributed by atoms with van der Waals surface area (Å²) in [6.45, 7) is 2.88. The van der Waals surface area contributed by atoms with E-state index in [0.717, 1.165) is 41.9 Å². The van der Waals surface area contributed by atoms with E-state index in [2.05, 4.69) is 6.92 Å². The highest BCUT2D eigenvalue weighted by atomic mass is 16.5. The molecule has 0 spiro atoms. The third-order valence-corrected chi connectivity index (χ3v) is 2.86. The van der Waals surface area contributed by atoms with Gasteiger partial charge in [-0.05, 0) is 35.7 Å². The van der Waals surface area contributed by atoms with E-state index in [0.29, 0.717) is 6.42 Å². The van der Waals surface area contributed by atoms with Gasteiger partial charge < -0.3 is 4.74 Å². The fourth-order valence-electron chi connectivity index (χ4n) is 1.89. The molecule has 0 atom stereocenters. The van der Waals surface area contributed by atoms with Gasteiger partial charge in [-0.1, -0.05) is 25.5 Å². The van der Waals surface area contributed by atoms with Crippen molar-refractivity contribution in [3.8, 4) is 5.75 Å². The van der Waals surface area contributed by atoms with Crippen LogP contribution in [0.2, 0.25) is 0 Å². The highest BCUT2D eigenvalue weighted by Crippen LogP contribution is 2.29. The molecule has 1 aliphatic rings. The van der Waals surface area contributed by atoms with Crippen molar-refractivity contribution < 1.29 is 9.53 Å². The summed E-state index contributed by atoms with van der Waals surface area (Å²) < 4.78 is 5.64. The average molecular weight is 228 g/mol. The van der Waals surface area contributed by atoms with Gasteiger partial charge in [-0.2, -0.15) is 0 Å². The molecule has 2 nitrogen and oxygen atoms in total. The number of benzene rings is 1. The number of hydrogen-bond acceptors (Lipinski definition) is 2. The van der Waals surface area contributed by atoms with Gasteiger partial charge in [0.2, 0.25) is 0 Å². The fraction of sp³-hybridized carbons (Fsp3) is 0.333. The lowest BCUT2D eigenvalue weighted by Crippen LogP contribution is -1.99. The van der Waals surface area contributed by atoms with Crippen LogP contribution in [0.1, 0.15) is 37.3 Å². The van der Waals surface area contributed by atoms with Crippen LogP contribution in [0, 0.1) is 0 Å². The van der Waals surface area contributed by atoms with Crippen molar-refractivity contribution in [1.82, 2.24) is 0 Å². The number of fused-ring (bicyclic) bond motifs is 1. The molecule has 0 amide bonds. The first-order valence-corrected chi connectivity index (χ1v) is 6.03. The summed E-state index contributed by atoms with van der Waals surface area (Å²) in [4.78, 5) is 10.8. The molecule has 2 rings (SSSR count). The zero-order valence-electron chi connectivity index (χ0n) is 10.0. The first kappa shape index (κ1) is 11.7. The molecule has 1 aliphatic carbocycles. The van der Waals surface area contributed by atoms with E-state index in [1.165, 1.54) is 0 Å². The van der Waals surface area contributed by atoms with Gasteiger partial charge in [0.25, 0.3) is 0 Å². The first-order valence-electron chi connectivity index (χ1n) is 6.03. The van der Waals surface area contributed by atoms with Crippen LogP contribution in [0.25, 0.3) is 11.6 Å². The topological polar surface area (TPSA) is 26.3 Å². The molecule has 0 unspecified atom stereocenters. The molecular weight excluding hydrogens is 212 g/mol. The Hall–Kier alpha value is -1.79. The minimum Gasteiger partial charge on any atom is -0.494 e. The monoisotopic (exact) mass is 228 g/mol. The second-order valence-electron chi connectivity index (χ2n) is 4.14. The largest absolute Gasteiger partial charge is 0.494 e. The number of carbonyl (C=O) groups excluding carboxylic acids is 1. The van der Waals surface area contributed by atoms with Gasteiger partial charge >= 0.3 is 0 Å². The Bertz CT molecular complexity index is 480. The third-order valence-electron chi connectivity index (χ3n) is 2.86. The Kier molecular flexibility index (Phi) is 3.79. The zero-order chi connectivity index (χ0) is 12.1. The summed E-state index contributed by atoms with van der Waals surface area (Å²) in [7, 11) is 0. The number of rotatable bonds is 4. The van der Waals surface area contributed by atoms with Crippen molar-refractivity contribution >= 4 is 17.6 Å². The number of hydrogen-bond donors (Lipinski definition) is 0. The van der Waals surface area contributed by atoms with E-state index < -0.39 is 0 Å². The van der Waals surface area contributed by atoms with E-state index in [9.17, 15) is 4.79 Å². The van der Waals surface area contributed by atoms with Gasteiger partial charge in [0.1, 0.15) is 11.7 Å². The smallest absolute Gasteiger partial charge is 0.128 e. The molecule has 0 saturated heterocycles. The highest BCUT2D eigenvalue weighted by Gasteiger charge is 2.11. The molecule has 0 bridgehead atoms. The van der Waals surface area contributed by atoms with Crippen LogP contribution < -0.4 is 4.74 Å². The van der Waals surface area contributed by atoms with E-state index in [-0.39, 0.29) is 0 Å². The molecule has 0 N–H and O–H groups in total. The first-order chi connectivity index (χ1) is 8.35. The Labute approximate surface area is 102 Å². The Morgan fingerprint density at radius 2 is 2.29 bits per heavy atom. The molecule has 0 saturated carbocycles. The minimum atomic E-state index is 0.673. The molecule has 0 aromatic heterocycles. The lowest BCUT2D eigenvalue weighted by molar-refractivity contribution is 0.309. The summed E-state index contributed by atoms with van der Waals surface area (Å²) in [5.74, 6) is 2.88. The number of unbranched alkanes of at least 4 members (excludes halogenated alkanes) is 1. The second-order valence-corrected chi connectivity index (χ2v) is 4.14. The van der Waals surface area contributed by atoms with E-state index >= 15 is 0 Å². The summed E-state index contributed by atoms with van der Waals surface area (Å²) in [6, 6.07) is 5.85. The van der Waals surface area contributed by atoms with Crippen LogP contribution in [0.4, 0.5) is 0 Å². The highest BCUT2D eigenvalue weighted by molar-refractivity contribution is 5.93. The second kappa shape index (κ2) is 5.51. The maximum absolute atomic E-state index is 10.8. The van der Waals surface area contributed by atoms with Crippen LogP contribution in [-0.4, -0.2) is 12.5 Å². The van der Waals surface area contributed by atoms with Gasteiger partial charge in [0.05, 0.1) is 6.61 Å². The number of allylic oxidation sites excluding steroid dienone is 2.